The zero-order valence-electron chi connectivity index (χ0n) is 12.3. The highest BCUT2D eigenvalue weighted by Gasteiger charge is 2.23. The van der Waals surface area contributed by atoms with Crippen LogP contribution in [0.5, 0.6) is 0 Å². The number of nitrogens with zero attached hydrogens (tertiary/aromatic N) is 2. The lowest BCUT2D eigenvalue weighted by Crippen LogP contribution is -2.33. The van der Waals surface area contributed by atoms with Gasteiger partial charge in [-0.2, -0.15) is 0 Å². The summed E-state index contributed by atoms with van der Waals surface area (Å²) < 4.78 is 0. The van der Waals surface area contributed by atoms with Crippen molar-refractivity contribution >= 4 is 6.21 Å². The maximum absolute atomic E-state index is 7.24. The van der Waals surface area contributed by atoms with Crippen LogP contribution in [-0.2, 0) is 0 Å². The van der Waals surface area contributed by atoms with Gasteiger partial charge in [-0.3, -0.25) is 4.98 Å². The van der Waals surface area contributed by atoms with E-state index in [2.05, 4.69) is 41.2 Å². The SMILES string of the molecule is CCC(C)c1ncccc1C1C=CN/C(=C\C=N)N1C. The largest absolute Gasteiger partial charge is 0.351 e. The van der Waals surface area contributed by atoms with Crippen molar-refractivity contribution in [2.45, 2.75) is 32.2 Å². The molecule has 2 rings (SSSR count). The Hall–Kier alpha value is -2.10. The Morgan fingerprint density at radius 1 is 1.55 bits per heavy atom. The third-order valence-electron chi connectivity index (χ3n) is 3.82. The van der Waals surface area contributed by atoms with Crippen molar-refractivity contribution in [1.82, 2.24) is 15.2 Å². The smallest absolute Gasteiger partial charge is 0.107 e. The summed E-state index contributed by atoms with van der Waals surface area (Å²) in [5.74, 6) is 1.37. The second-order valence-corrected chi connectivity index (χ2v) is 5.06. The van der Waals surface area contributed by atoms with E-state index in [-0.39, 0.29) is 6.04 Å². The molecule has 2 atom stereocenters. The number of aromatic nitrogens is 1. The summed E-state index contributed by atoms with van der Waals surface area (Å²) in [5.41, 5.74) is 2.39. The number of nitrogens with one attached hydrogen (secondary N) is 2. The van der Waals surface area contributed by atoms with Crippen molar-refractivity contribution < 1.29 is 0 Å². The van der Waals surface area contributed by atoms with E-state index in [0.717, 1.165) is 17.9 Å². The number of rotatable bonds is 4. The van der Waals surface area contributed by atoms with Crippen LogP contribution in [0.4, 0.5) is 0 Å². The minimum Gasteiger partial charge on any atom is -0.351 e. The molecule has 0 aromatic carbocycles. The van der Waals surface area contributed by atoms with Gasteiger partial charge in [-0.25, -0.2) is 0 Å². The maximum Gasteiger partial charge on any atom is 0.107 e. The highest BCUT2D eigenvalue weighted by Crippen LogP contribution is 2.31. The molecule has 0 saturated carbocycles. The molecular formula is C16H22N4. The Balaban J connectivity index is 2.41. The monoisotopic (exact) mass is 270 g/mol. The molecule has 1 aromatic heterocycles. The number of allylic oxidation sites excluding steroid dienone is 1. The van der Waals surface area contributed by atoms with Crippen LogP contribution in [0, 0.1) is 5.41 Å². The molecule has 0 bridgehead atoms. The quantitative estimate of drug-likeness (QED) is 0.826. The third kappa shape index (κ3) is 2.74. The van der Waals surface area contributed by atoms with Crippen LogP contribution in [0.25, 0.3) is 0 Å². The van der Waals surface area contributed by atoms with E-state index in [4.69, 9.17) is 5.41 Å². The van der Waals surface area contributed by atoms with Crippen molar-refractivity contribution in [3.05, 3.63) is 53.8 Å². The molecule has 0 amide bonds. The topological polar surface area (TPSA) is 52.0 Å². The minimum atomic E-state index is 0.153. The highest BCUT2D eigenvalue weighted by molar-refractivity contribution is 5.68. The van der Waals surface area contributed by atoms with Gasteiger partial charge in [0.25, 0.3) is 0 Å². The van der Waals surface area contributed by atoms with Crippen LogP contribution < -0.4 is 5.32 Å². The van der Waals surface area contributed by atoms with Crippen LogP contribution in [0.1, 0.15) is 43.5 Å². The molecular weight excluding hydrogens is 248 g/mol. The molecule has 4 heteroatoms. The molecule has 2 heterocycles. The third-order valence-corrected chi connectivity index (χ3v) is 3.82. The molecule has 1 aliphatic heterocycles. The summed E-state index contributed by atoms with van der Waals surface area (Å²) in [5, 5.41) is 10.4. The summed E-state index contributed by atoms with van der Waals surface area (Å²) in [7, 11) is 2.03. The Bertz CT molecular complexity index is 533. The Kier molecular flexibility index (Phi) is 4.56. The van der Waals surface area contributed by atoms with E-state index in [1.165, 1.54) is 11.8 Å². The molecule has 2 unspecified atom stereocenters. The predicted octanol–water partition coefficient (Wildman–Crippen LogP) is 3.18. The van der Waals surface area contributed by atoms with Gasteiger partial charge in [0.15, 0.2) is 0 Å². The number of likely N-dealkylation sites (N-methyl/N-ethyl adjacent to an activating group) is 1. The maximum atomic E-state index is 7.24. The lowest BCUT2D eigenvalue weighted by Gasteiger charge is -2.34. The molecule has 0 fully saturated rings. The summed E-state index contributed by atoms with van der Waals surface area (Å²) in [6.07, 6.45) is 10.1. The van der Waals surface area contributed by atoms with Crippen LogP contribution in [0.15, 0.2) is 42.5 Å². The van der Waals surface area contributed by atoms with E-state index in [9.17, 15) is 0 Å². The van der Waals surface area contributed by atoms with Gasteiger partial charge >= 0.3 is 0 Å². The molecule has 20 heavy (non-hydrogen) atoms. The Morgan fingerprint density at radius 2 is 2.35 bits per heavy atom. The number of pyridine rings is 1. The molecule has 0 spiro atoms. The van der Waals surface area contributed by atoms with Gasteiger partial charge in [0.1, 0.15) is 5.82 Å². The van der Waals surface area contributed by atoms with Gasteiger partial charge in [-0.1, -0.05) is 19.9 Å². The minimum absolute atomic E-state index is 0.153. The Morgan fingerprint density at radius 3 is 3.05 bits per heavy atom. The van der Waals surface area contributed by atoms with E-state index in [0.29, 0.717) is 5.92 Å². The summed E-state index contributed by atoms with van der Waals surface area (Å²) in [4.78, 5) is 6.72. The van der Waals surface area contributed by atoms with Crippen LogP contribution in [0.3, 0.4) is 0 Å². The first kappa shape index (κ1) is 14.3. The molecule has 4 nitrogen and oxygen atoms in total. The first-order valence-electron chi connectivity index (χ1n) is 7.00. The average Bonchev–Trinajstić information content (AvgIpc) is 2.49. The number of hydrogen-bond donors (Lipinski definition) is 2. The van der Waals surface area contributed by atoms with Gasteiger partial charge in [-0.15, -0.1) is 0 Å². The summed E-state index contributed by atoms with van der Waals surface area (Å²) in [6.45, 7) is 4.40. The highest BCUT2D eigenvalue weighted by atomic mass is 15.3. The van der Waals surface area contributed by atoms with Crippen molar-refractivity contribution in [3.63, 3.8) is 0 Å². The van der Waals surface area contributed by atoms with Gasteiger partial charge in [0.05, 0.1) is 6.04 Å². The van der Waals surface area contributed by atoms with Crippen molar-refractivity contribution in [2.75, 3.05) is 7.05 Å². The van der Waals surface area contributed by atoms with E-state index in [1.807, 2.05) is 25.5 Å². The fourth-order valence-corrected chi connectivity index (χ4v) is 2.45. The zero-order valence-corrected chi connectivity index (χ0v) is 12.3. The predicted molar refractivity (Wildman–Crippen MR) is 82.6 cm³/mol. The van der Waals surface area contributed by atoms with E-state index in [1.54, 1.807) is 6.08 Å². The molecule has 2 N–H and O–H groups in total. The van der Waals surface area contributed by atoms with Gasteiger partial charge in [-0.05, 0) is 30.6 Å². The number of hydrogen-bond acceptors (Lipinski definition) is 4. The van der Waals surface area contributed by atoms with E-state index < -0.39 is 0 Å². The molecule has 1 aliphatic rings. The summed E-state index contributed by atoms with van der Waals surface area (Å²) >= 11 is 0. The van der Waals surface area contributed by atoms with Crippen LogP contribution >= 0.6 is 0 Å². The van der Waals surface area contributed by atoms with Gasteiger partial charge in [0, 0.05) is 36.9 Å². The molecule has 106 valence electrons. The van der Waals surface area contributed by atoms with Gasteiger partial charge in [0.2, 0.25) is 0 Å². The average molecular weight is 270 g/mol. The summed E-state index contributed by atoms with van der Waals surface area (Å²) in [6, 6.07) is 4.29. The zero-order chi connectivity index (χ0) is 14.5. The van der Waals surface area contributed by atoms with E-state index >= 15 is 0 Å². The fraction of sp³-hybridized carbons (Fsp3) is 0.375. The molecule has 0 aliphatic carbocycles. The van der Waals surface area contributed by atoms with Crippen molar-refractivity contribution in [3.8, 4) is 0 Å². The van der Waals surface area contributed by atoms with Gasteiger partial charge < -0.3 is 15.6 Å². The molecule has 0 radical (unpaired) electrons. The second kappa shape index (κ2) is 6.37. The second-order valence-electron chi connectivity index (χ2n) is 5.06. The Labute approximate surface area is 120 Å². The normalized spacial score (nSPS) is 21.6. The first-order valence-corrected chi connectivity index (χ1v) is 7.00. The first-order chi connectivity index (χ1) is 9.69. The molecule has 1 aromatic rings. The van der Waals surface area contributed by atoms with Crippen LogP contribution in [-0.4, -0.2) is 23.1 Å². The fourth-order valence-electron chi connectivity index (χ4n) is 2.45. The van der Waals surface area contributed by atoms with Crippen molar-refractivity contribution in [1.29, 1.82) is 5.41 Å². The lowest BCUT2D eigenvalue weighted by atomic mass is 9.94. The standard InChI is InChI=1S/C16H22N4/c1-4-12(2)16-13(6-5-10-19-16)14-8-11-18-15(7-9-17)20(14)3/h5-12,14,17-18H,4H2,1-3H3/b15-7+,17-9?. The lowest BCUT2D eigenvalue weighted by molar-refractivity contribution is 0.327. The van der Waals surface area contributed by atoms with Crippen LogP contribution in [0.2, 0.25) is 0 Å². The molecule has 0 saturated heterocycles. The van der Waals surface area contributed by atoms with Crippen molar-refractivity contribution in [2.24, 2.45) is 0 Å².